The van der Waals surface area contributed by atoms with E-state index in [4.69, 9.17) is 6.42 Å². The first-order valence-electron chi connectivity index (χ1n) is 5.90. The highest BCUT2D eigenvalue weighted by molar-refractivity contribution is 5.94. The molecule has 1 atom stereocenters. The normalized spacial score (nSPS) is 12.6. The number of alkyl halides is 3. The van der Waals surface area contributed by atoms with Crippen molar-refractivity contribution in [1.29, 1.82) is 0 Å². The van der Waals surface area contributed by atoms with E-state index in [0.29, 0.717) is 24.6 Å². The van der Waals surface area contributed by atoms with Crippen LogP contribution in [0, 0.1) is 18.2 Å². The lowest BCUT2D eigenvalue weighted by Crippen LogP contribution is -2.34. The number of benzene rings is 1. The zero-order valence-electron chi connectivity index (χ0n) is 10.7. The monoisotopic (exact) mass is 287 g/mol. The number of nitrogens with one attached hydrogen (secondary N) is 1. The standard InChI is InChI=1S/C14H13F4NO/c1-3-5-10(4-2)19-13(20)11-8-9(14(16,17)18)6-7-12(11)15/h1,6-8,10H,4-5H2,2H3,(H,19,20). The van der Waals surface area contributed by atoms with Gasteiger partial charge in [-0.3, -0.25) is 4.79 Å². The van der Waals surface area contributed by atoms with Crippen molar-refractivity contribution >= 4 is 5.91 Å². The van der Waals surface area contributed by atoms with Gasteiger partial charge in [0.2, 0.25) is 0 Å². The second-order valence-corrected chi connectivity index (χ2v) is 4.18. The molecule has 0 aliphatic rings. The topological polar surface area (TPSA) is 29.1 Å². The fourth-order valence-electron chi connectivity index (χ4n) is 1.58. The minimum absolute atomic E-state index is 0.225. The molecule has 1 aromatic carbocycles. The number of hydrogen-bond donors (Lipinski definition) is 1. The van der Waals surface area contributed by atoms with E-state index >= 15 is 0 Å². The van der Waals surface area contributed by atoms with Crippen molar-refractivity contribution in [2.45, 2.75) is 32.0 Å². The molecule has 0 bridgehead atoms. The Hall–Kier alpha value is -2.03. The van der Waals surface area contributed by atoms with E-state index in [-0.39, 0.29) is 6.42 Å². The average Bonchev–Trinajstić information content (AvgIpc) is 2.37. The van der Waals surface area contributed by atoms with Crippen molar-refractivity contribution < 1.29 is 22.4 Å². The summed E-state index contributed by atoms with van der Waals surface area (Å²) in [7, 11) is 0. The summed E-state index contributed by atoms with van der Waals surface area (Å²) in [6, 6.07) is 1.30. The number of halogens is 4. The van der Waals surface area contributed by atoms with Gasteiger partial charge in [-0.2, -0.15) is 13.2 Å². The smallest absolute Gasteiger partial charge is 0.348 e. The highest BCUT2D eigenvalue weighted by atomic mass is 19.4. The van der Waals surface area contributed by atoms with Gasteiger partial charge in [0.15, 0.2) is 0 Å². The first kappa shape index (κ1) is 16.0. The molecule has 0 aliphatic heterocycles. The Morgan fingerprint density at radius 3 is 2.60 bits per heavy atom. The molecule has 1 rings (SSSR count). The van der Waals surface area contributed by atoms with Gasteiger partial charge in [0.05, 0.1) is 11.1 Å². The molecule has 0 saturated carbocycles. The third-order valence-electron chi connectivity index (χ3n) is 2.73. The highest BCUT2D eigenvalue weighted by Crippen LogP contribution is 2.30. The second kappa shape index (κ2) is 6.42. The molecule has 1 unspecified atom stereocenters. The molecule has 0 fully saturated rings. The van der Waals surface area contributed by atoms with Crippen LogP contribution in [0.15, 0.2) is 18.2 Å². The summed E-state index contributed by atoms with van der Waals surface area (Å²) in [5.74, 6) is 0.422. The van der Waals surface area contributed by atoms with Gasteiger partial charge >= 0.3 is 6.18 Å². The molecule has 0 saturated heterocycles. The van der Waals surface area contributed by atoms with Gasteiger partial charge in [-0.1, -0.05) is 6.92 Å². The van der Waals surface area contributed by atoms with E-state index in [1.54, 1.807) is 6.92 Å². The van der Waals surface area contributed by atoms with Crippen LogP contribution in [0.4, 0.5) is 17.6 Å². The van der Waals surface area contributed by atoms with Crippen LogP contribution >= 0.6 is 0 Å². The second-order valence-electron chi connectivity index (χ2n) is 4.18. The first-order valence-corrected chi connectivity index (χ1v) is 5.90. The molecular formula is C14H13F4NO. The Morgan fingerprint density at radius 2 is 2.10 bits per heavy atom. The lowest BCUT2D eigenvalue weighted by molar-refractivity contribution is -0.137. The van der Waals surface area contributed by atoms with Crippen LogP contribution in [0.3, 0.4) is 0 Å². The minimum atomic E-state index is -4.63. The number of amides is 1. The van der Waals surface area contributed by atoms with Crippen LogP contribution in [0.5, 0.6) is 0 Å². The fourth-order valence-corrected chi connectivity index (χ4v) is 1.58. The molecule has 0 aromatic heterocycles. The molecule has 20 heavy (non-hydrogen) atoms. The molecule has 0 heterocycles. The molecule has 6 heteroatoms. The van der Waals surface area contributed by atoms with Crippen molar-refractivity contribution in [3.63, 3.8) is 0 Å². The Kier molecular flexibility index (Phi) is 5.14. The number of rotatable bonds is 4. The fraction of sp³-hybridized carbons (Fsp3) is 0.357. The maximum Gasteiger partial charge on any atom is 0.416 e. The number of terminal acetylenes is 1. The van der Waals surface area contributed by atoms with Crippen molar-refractivity contribution in [2.75, 3.05) is 0 Å². The largest absolute Gasteiger partial charge is 0.416 e. The molecule has 0 radical (unpaired) electrons. The Labute approximate surface area is 114 Å². The van der Waals surface area contributed by atoms with E-state index in [1.165, 1.54) is 0 Å². The van der Waals surface area contributed by atoms with Crippen LogP contribution in [0.1, 0.15) is 35.7 Å². The van der Waals surface area contributed by atoms with E-state index in [1.807, 2.05) is 0 Å². The van der Waals surface area contributed by atoms with Crippen molar-refractivity contribution in [2.24, 2.45) is 0 Å². The van der Waals surface area contributed by atoms with E-state index in [0.717, 1.165) is 0 Å². The van der Waals surface area contributed by atoms with Gasteiger partial charge in [-0.15, -0.1) is 12.3 Å². The quantitative estimate of drug-likeness (QED) is 0.667. The van der Waals surface area contributed by atoms with Crippen LogP contribution < -0.4 is 5.32 Å². The number of hydrogen-bond acceptors (Lipinski definition) is 1. The van der Waals surface area contributed by atoms with Crippen LogP contribution in [-0.2, 0) is 6.18 Å². The summed E-state index contributed by atoms with van der Waals surface area (Å²) >= 11 is 0. The van der Waals surface area contributed by atoms with Crippen LogP contribution in [-0.4, -0.2) is 11.9 Å². The lowest BCUT2D eigenvalue weighted by Gasteiger charge is -2.15. The maximum atomic E-state index is 13.5. The van der Waals surface area contributed by atoms with Crippen LogP contribution in [0.25, 0.3) is 0 Å². The summed E-state index contributed by atoms with van der Waals surface area (Å²) in [6.45, 7) is 1.75. The van der Waals surface area contributed by atoms with Gasteiger partial charge in [0, 0.05) is 12.5 Å². The summed E-state index contributed by atoms with van der Waals surface area (Å²) in [5.41, 5.74) is -1.72. The Morgan fingerprint density at radius 1 is 1.45 bits per heavy atom. The van der Waals surface area contributed by atoms with Crippen molar-refractivity contribution in [3.8, 4) is 12.3 Å². The lowest BCUT2D eigenvalue weighted by atomic mass is 10.1. The molecular weight excluding hydrogens is 274 g/mol. The van der Waals surface area contributed by atoms with E-state index in [2.05, 4.69) is 11.2 Å². The summed E-state index contributed by atoms with van der Waals surface area (Å²) in [4.78, 5) is 11.8. The SMILES string of the molecule is C#CCC(CC)NC(=O)c1cc(C(F)(F)F)ccc1F. The molecule has 0 aliphatic carbocycles. The van der Waals surface area contributed by atoms with Gasteiger partial charge in [-0.05, 0) is 24.6 Å². The molecule has 1 aromatic rings. The van der Waals surface area contributed by atoms with Crippen LogP contribution in [0.2, 0.25) is 0 Å². The third-order valence-corrected chi connectivity index (χ3v) is 2.73. The minimum Gasteiger partial charge on any atom is -0.348 e. The van der Waals surface area contributed by atoms with E-state index < -0.39 is 35.1 Å². The molecule has 108 valence electrons. The van der Waals surface area contributed by atoms with Gasteiger partial charge < -0.3 is 5.32 Å². The predicted octanol–water partition coefficient (Wildman–Crippen LogP) is 3.38. The molecule has 1 amide bonds. The summed E-state index contributed by atoms with van der Waals surface area (Å²) < 4.78 is 51.1. The van der Waals surface area contributed by atoms with Gasteiger partial charge in [0.25, 0.3) is 5.91 Å². The zero-order valence-corrected chi connectivity index (χ0v) is 10.7. The van der Waals surface area contributed by atoms with Crippen molar-refractivity contribution in [3.05, 3.63) is 35.1 Å². The average molecular weight is 287 g/mol. The maximum absolute atomic E-state index is 13.5. The Balaban J connectivity index is 3.01. The number of carbonyl (C=O) groups is 1. The number of carbonyl (C=O) groups excluding carboxylic acids is 1. The van der Waals surface area contributed by atoms with Gasteiger partial charge in [-0.25, -0.2) is 4.39 Å². The molecule has 1 N–H and O–H groups in total. The van der Waals surface area contributed by atoms with Gasteiger partial charge in [0.1, 0.15) is 5.82 Å². The third kappa shape index (κ3) is 3.98. The van der Waals surface area contributed by atoms with E-state index in [9.17, 15) is 22.4 Å². The highest BCUT2D eigenvalue weighted by Gasteiger charge is 2.32. The summed E-state index contributed by atoms with van der Waals surface area (Å²) in [5, 5.41) is 2.41. The Bertz CT molecular complexity index is 531. The van der Waals surface area contributed by atoms with Crippen molar-refractivity contribution in [1.82, 2.24) is 5.32 Å². The first-order chi connectivity index (χ1) is 9.29. The summed E-state index contributed by atoms with van der Waals surface area (Å²) in [6.07, 6.45) is 1.19. The molecule has 2 nitrogen and oxygen atoms in total. The predicted molar refractivity (Wildman–Crippen MR) is 66.4 cm³/mol. The zero-order chi connectivity index (χ0) is 15.3. The molecule has 0 spiro atoms.